The minimum Gasteiger partial charge on any atom is -0.460 e. The van der Waals surface area contributed by atoms with Gasteiger partial charge in [-0.2, -0.15) is 0 Å². The van der Waals surface area contributed by atoms with Gasteiger partial charge in [0.25, 0.3) is 0 Å². The van der Waals surface area contributed by atoms with E-state index in [9.17, 15) is 14.4 Å². The fourth-order valence-corrected chi connectivity index (χ4v) is 11.0. The summed E-state index contributed by atoms with van der Waals surface area (Å²) >= 11 is 0. The zero-order valence-corrected chi connectivity index (χ0v) is 36.8. The van der Waals surface area contributed by atoms with Gasteiger partial charge in [-0.3, -0.25) is 9.59 Å². The minimum atomic E-state index is -0.403. The third-order valence-corrected chi connectivity index (χ3v) is 14.3. The average molecular weight is 805 g/mol. The molecular formula is C46H80N2O9. The normalized spacial score (nSPS) is 29.1. The van der Waals surface area contributed by atoms with Crippen molar-refractivity contribution in [2.24, 2.45) is 46.3 Å². The van der Waals surface area contributed by atoms with Crippen LogP contribution in [0, 0.1) is 46.3 Å². The van der Waals surface area contributed by atoms with Gasteiger partial charge in [0.05, 0.1) is 52.7 Å². The summed E-state index contributed by atoms with van der Waals surface area (Å²) in [5.41, 5.74) is 2.31. The van der Waals surface area contributed by atoms with Gasteiger partial charge in [-0.25, -0.2) is 4.79 Å². The Morgan fingerprint density at radius 1 is 0.825 bits per heavy atom. The van der Waals surface area contributed by atoms with Crippen molar-refractivity contribution in [2.75, 3.05) is 66.4 Å². The Labute approximate surface area is 345 Å². The van der Waals surface area contributed by atoms with E-state index in [0.717, 1.165) is 54.8 Å². The predicted octanol–water partition coefficient (Wildman–Crippen LogP) is 8.43. The second-order valence-corrected chi connectivity index (χ2v) is 18.4. The number of carbonyl (C=O) groups excluding carboxylic acids is 3. The van der Waals surface area contributed by atoms with Crippen molar-refractivity contribution in [3.63, 3.8) is 0 Å². The lowest BCUT2D eigenvalue weighted by Gasteiger charge is -2.58. The van der Waals surface area contributed by atoms with Crippen LogP contribution in [0.2, 0.25) is 0 Å². The van der Waals surface area contributed by atoms with Crippen molar-refractivity contribution in [2.45, 2.75) is 150 Å². The van der Waals surface area contributed by atoms with E-state index in [-0.39, 0.29) is 49.1 Å². The number of hydrogen-bond acceptors (Lipinski definition) is 9. The van der Waals surface area contributed by atoms with Crippen LogP contribution in [-0.2, 0) is 38.0 Å². The van der Waals surface area contributed by atoms with E-state index in [1.165, 1.54) is 58.4 Å². The molecule has 4 aliphatic carbocycles. The number of amides is 2. The lowest BCUT2D eigenvalue weighted by atomic mass is 9.47. The van der Waals surface area contributed by atoms with Gasteiger partial charge in [0, 0.05) is 33.0 Å². The maximum absolute atomic E-state index is 12.7. The Morgan fingerprint density at radius 2 is 1.53 bits per heavy atom. The molecule has 0 aromatic carbocycles. The van der Waals surface area contributed by atoms with Gasteiger partial charge in [-0.1, -0.05) is 72.5 Å². The molecule has 9 atom stereocenters. The van der Waals surface area contributed by atoms with Crippen molar-refractivity contribution >= 4 is 18.0 Å². The summed E-state index contributed by atoms with van der Waals surface area (Å²) in [5, 5.41) is 5.42. The molecule has 3 saturated carbocycles. The van der Waals surface area contributed by atoms with Crippen LogP contribution in [0.25, 0.3) is 0 Å². The summed E-state index contributed by atoms with van der Waals surface area (Å²) in [6, 6.07) is 0. The first-order valence-corrected chi connectivity index (χ1v) is 22.8. The number of fused-ring (bicyclic) bond motifs is 5. The molecule has 11 heteroatoms. The van der Waals surface area contributed by atoms with Crippen LogP contribution in [0.5, 0.6) is 0 Å². The summed E-state index contributed by atoms with van der Waals surface area (Å²) in [6.45, 7) is 18.4. The Kier molecular flexibility index (Phi) is 20.1. The number of esters is 1. The largest absolute Gasteiger partial charge is 0.460 e. The third kappa shape index (κ3) is 14.2. The number of nitrogens with one attached hydrogen (secondary N) is 2. The van der Waals surface area contributed by atoms with Crippen molar-refractivity contribution in [1.29, 1.82) is 0 Å². The van der Waals surface area contributed by atoms with E-state index < -0.39 is 5.97 Å². The number of alkyl carbamates (subject to hydrolysis) is 1. The van der Waals surface area contributed by atoms with Gasteiger partial charge in [0.2, 0.25) is 5.91 Å². The van der Waals surface area contributed by atoms with E-state index >= 15 is 0 Å². The smallest absolute Gasteiger partial charge is 0.407 e. The molecule has 0 bridgehead atoms. The van der Waals surface area contributed by atoms with Crippen LogP contribution < -0.4 is 10.6 Å². The fraction of sp³-hybridized carbons (Fsp3) is 0.891. The highest BCUT2D eigenvalue weighted by Crippen LogP contribution is 2.67. The first-order valence-electron chi connectivity index (χ1n) is 22.8. The van der Waals surface area contributed by atoms with Gasteiger partial charge >= 0.3 is 12.1 Å². The molecule has 0 spiro atoms. The number of hydrogen-bond donors (Lipinski definition) is 2. The van der Waals surface area contributed by atoms with Crippen LogP contribution in [0.1, 0.15) is 138 Å². The van der Waals surface area contributed by atoms with Crippen LogP contribution in [0.3, 0.4) is 0 Å². The lowest BCUT2D eigenvalue weighted by molar-refractivity contribution is -0.153. The molecule has 2 N–H and O–H groups in total. The summed E-state index contributed by atoms with van der Waals surface area (Å²) in [5.74, 6) is 4.38. The zero-order valence-electron chi connectivity index (χ0n) is 36.8. The van der Waals surface area contributed by atoms with Crippen LogP contribution in [0.15, 0.2) is 11.6 Å². The SMILES string of the molecule is CCC(COCCOCCOCCOCCCNC(=O)O[C@H]1CC[C@@]2(C)C(=CCC3C4CCC([C@@H](C)CCCC(C)C)[C@@]4(C)CCC32)C1)OC(=O)CCC(=O)NC. The standard InChI is InChI=1S/C46H80N2O9/c1-8-36(56-43(50)18-17-42(49)47-7)32-55-30-29-54-28-27-53-26-25-52-24-10-23-48-44(51)57-37-19-21-45(5)35(31-37)13-14-38-40-16-15-39(34(4)12-9-11-33(2)3)46(40,6)22-20-41(38)45/h13,33-34,36-41H,8-12,14-32H2,1-7H3,(H,47,49)(H,48,51)/t34-,36?,37-,38?,39?,40?,41?,45-,46+/m0/s1. The molecule has 3 fully saturated rings. The van der Waals surface area contributed by atoms with E-state index in [1.807, 2.05) is 6.92 Å². The highest BCUT2D eigenvalue weighted by Gasteiger charge is 2.59. The quantitative estimate of drug-likeness (QED) is 0.0503. The zero-order chi connectivity index (χ0) is 41.3. The van der Waals surface area contributed by atoms with Crippen molar-refractivity contribution < 1.29 is 42.8 Å². The van der Waals surface area contributed by atoms with Crippen LogP contribution >= 0.6 is 0 Å². The van der Waals surface area contributed by atoms with Crippen LogP contribution in [-0.4, -0.2) is 96.6 Å². The summed E-state index contributed by atoms with van der Waals surface area (Å²) in [6.07, 6.45) is 17.3. The summed E-state index contributed by atoms with van der Waals surface area (Å²) in [7, 11) is 1.54. The number of rotatable bonds is 26. The molecule has 0 aromatic heterocycles. The Hall–Kier alpha value is -2.21. The van der Waals surface area contributed by atoms with E-state index in [4.69, 9.17) is 28.4 Å². The topological polar surface area (TPSA) is 131 Å². The van der Waals surface area contributed by atoms with Crippen molar-refractivity contribution in [3.05, 3.63) is 11.6 Å². The fourth-order valence-electron chi connectivity index (χ4n) is 11.0. The lowest BCUT2D eigenvalue weighted by Crippen LogP contribution is -2.51. The molecular weight excluding hydrogens is 725 g/mol. The summed E-state index contributed by atoms with van der Waals surface area (Å²) < 4.78 is 33.7. The number of ether oxygens (including phenoxy) is 6. The summed E-state index contributed by atoms with van der Waals surface area (Å²) in [4.78, 5) is 35.9. The van der Waals surface area contributed by atoms with Crippen molar-refractivity contribution in [1.82, 2.24) is 10.6 Å². The third-order valence-electron chi connectivity index (χ3n) is 14.3. The van der Waals surface area contributed by atoms with Gasteiger partial charge in [-0.05, 0) is 104 Å². The molecule has 5 unspecified atom stereocenters. The molecule has 0 saturated heterocycles. The van der Waals surface area contributed by atoms with E-state index in [1.54, 1.807) is 5.57 Å². The molecule has 2 amide bonds. The molecule has 0 aromatic rings. The van der Waals surface area contributed by atoms with Crippen LogP contribution in [0.4, 0.5) is 4.79 Å². The molecule has 0 radical (unpaired) electrons. The van der Waals surface area contributed by atoms with Gasteiger partial charge in [0.1, 0.15) is 12.2 Å². The maximum atomic E-state index is 12.7. The average Bonchev–Trinajstić information content (AvgIpc) is 3.55. The molecule has 4 rings (SSSR count). The second-order valence-electron chi connectivity index (χ2n) is 18.4. The molecule has 0 heterocycles. The van der Waals surface area contributed by atoms with E-state index in [0.29, 0.717) is 71.0 Å². The van der Waals surface area contributed by atoms with Crippen molar-refractivity contribution in [3.8, 4) is 0 Å². The molecule has 4 aliphatic rings. The number of carbonyl (C=O) groups is 3. The van der Waals surface area contributed by atoms with E-state index in [2.05, 4.69) is 51.3 Å². The Morgan fingerprint density at radius 3 is 2.21 bits per heavy atom. The second kappa shape index (κ2) is 24.1. The molecule has 11 nitrogen and oxygen atoms in total. The first-order chi connectivity index (χ1) is 27.4. The predicted molar refractivity (Wildman–Crippen MR) is 223 cm³/mol. The Balaban J connectivity index is 1.00. The van der Waals surface area contributed by atoms with Gasteiger partial charge < -0.3 is 39.1 Å². The highest BCUT2D eigenvalue weighted by atomic mass is 16.6. The molecule has 0 aliphatic heterocycles. The molecule has 328 valence electrons. The monoisotopic (exact) mass is 805 g/mol. The minimum absolute atomic E-state index is 0.0415. The van der Waals surface area contributed by atoms with Gasteiger partial charge in [-0.15, -0.1) is 0 Å². The highest BCUT2D eigenvalue weighted by molar-refractivity contribution is 5.81. The maximum Gasteiger partial charge on any atom is 0.407 e. The Bertz CT molecular complexity index is 1260. The molecule has 57 heavy (non-hydrogen) atoms. The number of allylic oxidation sites excluding steroid dienone is 1. The van der Waals surface area contributed by atoms with Gasteiger partial charge in [0.15, 0.2) is 0 Å². The first kappa shape index (κ1) is 47.5.